The Morgan fingerprint density at radius 2 is 2.07 bits per heavy atom. The first-order chi connectivity index (χ1) is 6.45. The highest BCUT2D eigenvalue weighted by atomic mass is 16.2. The summed E-state index contributed by atoms with van der Waals surface area (Å²) in [7, 11) is 0. The Kier molecular flexibility index (Phi) is 3.13. The topological polar surface area (TPSA) is 35.9 Å². The second-order valence-electron chi connectivity index (χ2n) is 4.47. The lowest BCUT2D eigenvalue weighted by Crippen LogP contribution is -2.48. The Morgan fingerprint density at radius 3 is 2.43 bits per heavy atom. The fourth-order valence-corrected chi connectivity index (χ4v) is 1.32. The number of hydrogen-bond donors (Lipinski definition) is 0. The van der Waals surface area contributed by atoms with Crippen LogP contribution >= 0.6 is 0 Å². The Balaban J connectivity index is 2.60. The van der Waals surface area contributed by atoms with E-state index in [0.717, 1.165) is 6.54 Å². The molecular formula is C10H19N3O. The van der Waals surface area contributed by atoms with Gasteiger partial charge in [-0.2, -0.15) is 5.10 Å². The average molecular weight is 197 g/mol. The van der Waals surface area contributed by atoms with Gasteiger partial charge in [0.1, 0.15) is 6.34 Å². The summed E-state index contributed by atoms with van der Waals surface area (Å²) in [6, 6.07) is 0. The zero-order valence-corrected chi connectivity index (χ0v) is 9.45. The molecule has 0 atom stereocenters. The van der Waals surface area contributed by atoms with Crippen molar-refractivity contribution < 1.29 is 4.79 Å². The van der Waals surface area contributed by atoms with Crippen LogP contribution in [0.1, 0.15) is 34.1 Å². The predicted octanol–water partition coefficient (Wildman–Crippen LogP) is 1.28. The lowest BCUT2D eigenvalue weighted by atomic mass is 10.1. The minimum absolute atomic E-state index is 0.0881. The van der Waals surface area contributed by atoms with Crippen molar-refractivity contribution in [2.24, 2.45) is 5.10 Å². The summed E-state index contributed by atoms with van der Waals surface area (Å²) in [6.45, 7) is 9.82. The molecule has 4 nitrogen and oxygen atoms in total. The predicted molar refractivity (Wildman–Crippen MR) is 57.0 cm³/mol. The summed E-state index contributed by atoms with van der Waals surface area (Å²) in [4.78, 5) is 13.5. The van der Waals surface area contributed by atoms with Gasteiger partial charge in [0.25, 0.3) is 0 Å². The highest BCUT2D eigenvalue weighted by Gasteiger charge is 2.23. The van der Waals surface area contributed by atoms with E-state index in [1.165, 1.54) is 0 Å². The van der Waals surface area contributed by atoms with Crippen LogP contribution in [0.2, 0.25) is 0 Å². The molecule has 0 aromatic carbocycles. The van der Waals surface area contributed by atoms with Crippen molar-refractivity contribution >= 4 is 12.2 Å². The molecule has 4 heteroatoms. The van der Waals surface area contributed by atoms with Crippen LogP contribution in [0.15, 0.2) is 5.10 Å². The monoisotopic (exact) mass is 197 g/mol. The van der Waals surface area contributed by atoms with Crippen molar-refractivity contribution in [3.63, 3.8) is 0 Å². The summed E-state index contributed by atoms with van der Waals surface area (Å²) in [5.41, 5.74) is 0.0881. The third-order valence-corrected chi connectivity index (χ3v) is 2.34. The average Bonchev–Trinajstić information content (AvgIpc) is 2.15. The van der Waals surface area contributed by atoms with E-state index in [9.17, 15) is 4.79 Å². The van der Waals surface area contributed by atoms with Gasteiger partial charge in [-0.1, -0.05) is 6.92 Å². The molecule has 14 heavy (non-hydrogen) atoms. The van der Waals surface area contributed by atoms with Gasteiger partial charge in [-0.3, -0.25) is 4.79 Å². The van der Waals surface area contributed by atoms with Gasteiger partial charge in [0.2, 0.25) is 5.91 Å². The van der Waals surface area contributed by atoms with Gasteiger partial charge < -0.3 is 4.90 Å². The minimum Gasteiger partial charge on any atom is -0.354 e. The molecule has 1 rings (SSSR count). The number of hydrazone groups is 1. The molecule has 1 aliphatic rings. The fraction of sp³-hybridized carbons (Fsp3) is 0.800. The highest BCUT2D eigenvalue weighted by molar-refractivity contribution is 5.77. The van der Waals surface area contributed by atoms with Crippen molar-refractivity contribution in [1.82, 2.24) is 9.91 Å². The quantitative estimate of drug-likeness (QED) is 0.635. The van der Waals surface area contributed by atoms with Gasteiger partial charge in [0.05, 0.1) is 6.54 Å². The van der Waals surface area contributed by atoms with Crippen molar-refractivity contribution in [2.75, 3.05) is 13.1 Å². The molecule has 0 saturated carbocycles. The van der Waals surface area contributed by atoms with Gasteiger partial charge in [-0.15, -0.1) is 0 Å². The smallest absolute Gasteiger partial charge is 0.242 e. The van der Waals surface area contributed by atoms with Crippen molar-refractivity contribution in [3.05, 3.63) is 0 Å². The zero-order valence-electron chi connectivity index (χ0n) is 9.45. The molecule has 1 amide bonds. The maximum atomic E-state index is 11.3. The molecule has 0 spiro atoms. The van der Waals surface area contributed by atoms with Crippen LogP contribution in [-0.4, -0.2) is 40.8 Å². The van der Waals surface area contributed by atoms with Crippen LogP contribution in [0.25, 0.3) is 0 Å². The number of carbonyl (C=O) groups is 1. The minimum atomic E-state index is 0.0881. The second kappa shape index (κ2) is 3.98. The van der Waals surface area contributed by atoms with Gasteiger partial charge in [0, 0.05) is 18.5 Å². The van der Waals surface area contributed by atoms with E-state index in [0.29, 0.717) is 13.0 Å². The highest BCUT2D eigenvalue weighted by Crippen LogP contribution is 2.13. The third kappa shape index (κ3) is 2.47. The van der Waals surface area contributed by atoms with Crippen LogP contribution in [0.4, 0.5) is 0 Å². The van der Waals surface area contributed by atoms with Gasteiger partial charge in [-0.05, 0) is 20.8 Å². The number of hydrogen-bond acceptors (Lipinski definition) is 3. The van der Waals surface area contributed by atoms with E-state index in [1.54, 1.807) is 11.3 Å². The molecule has 0 aromatic heterocycles. The van der Waals surface area contributed by atoms with Crippen molar-refractivity contribution in [3.8, 4) is 0 Å². The molecule has 1 heterocycles. The Hall–Kier alpha value is -1.06. The molecule has 0 aliphatic carbocycles. The van der Waals surface area contributed by atoms with E-state index >= 15 is 0 Å². The van der Waals surface area contributed by atoms with Crippen molar-refractivity contribution in [1.29, 1.82) is 0 Å². The normalized spacial score (nSPS) is 17.4. The first-order valence-electron chi connectivity index (χ1n) is 5.06. The SMILES string of the molecule is CCC(=O)N1CCN(C(C)(C)C)C=N1. The number of nitrogens with zero attached hydrogens (tertiary/aromatic N) is 3. The maximum Gasteiger partial charge on any atom is 0.242 e. The zero-order chi connectivity index (χ0) is 10.8. The molecule has 0 bridgehead atoms. The Bertz CT molecular complexity index is 242. The van der Waals surface area contributed by atoms with Crippen LogP contribution in [0, 0.1) is 0 Å². The van der Waals surface area contributed by atoms with Gasteiger partial charge >= 0.3 is 0 Å². The molecule has 0 radical (unpaired) electrons. The first kappa shape index (κ1) is 11.0. The summed E-state index contributed by atoms with van der Waals surface area (Å²) in [5.74, 6) is 0.0924. The molecular weight excluding hydrogens is 178 g/mol. The molecule has 0 N–H and O–H groups in total. The molecule has 1 aliphatic heterocycles. The summed E-state index contributed by atoms with van der Waals surface area (Å²) in [5, 5.41) is 5.68. The largest absolute Gasteiger partial charge is 0.354 e. The molecule has 0 fully saturated rings. The number of amides is 1. The third-order valence-electron chi connectivity index (χ3n) is 2.34. The van der Waals surface area contributed by atoms with E-state index in [2.05, 4.69) is 30.8 Å². The summed E-state index contributed by atoms with van der Waals surface area (Å²) >= 11 is 0. The van der Waals surface area contributed by atoms with Crippen LogP contribution in [0.3, 0.4) is 0 Å². The van der Waals surface area contributed by atoms with Crippen LogP contribution in [-0.2, 0) is 4.79 Å². The van der Waals surface area contributed by atoms with E-state index in [-0.39, 0.29) is 11.4 Å². The number of rotatable bonds is 1. The second-order valence-corrected chi connectivity index (χ2v) is 4.47. The summed E-state index contributed by atoms with van der Waals surface area (Å²) < 4.78 is 0. The standard InChI is InChI=1S/C10H19N3O/c1-5-9(14)13-7-6-12(8-11-13)10(2,3)4/h8H,5-7H2,1-4H3. The lowest BCUT2D eigenvalue weighted by molar-refractivity contribution is -0.131. The van der Waals surface area contributed by atoms with Gasteiger partial charge in [-0.25, -0.2) is 5.01 Å². The molecule has 0 aromatic rings. The first-order valence-corrected chi connectivity index (χ1v) is 5.06. The molecule has 0 unspecified atom stereocenters. The Morgan fingerprint density at radius 1 is 1.43 bits per heavy atom. The van der Waals surface area contributed by atoms with Crippen LogP contribution in [0.5, 0.6) is 0 Å². The van der Waals surface area contributed by atoms with Crippen molar-refractivity contribution in [2.45, 2.75) is 39.7 Å². The Labute approximate surface area is 85.6 Å². The lowest BCUT2D eigenvalue weighted by Gasteiger charge is -2.38. The number of carbonyl (C=O) groups excluding carboxylic acids is 1. The summed E-state index contributed by atoms with van der Waals surface area (Å²) in [6.07, 6.45) is 2.28. The molecule has 0 saturated heterocycles. The maximum absolute atomic E-state index is 11.3. The fourth-order valence-electron chi connectivity index (χ4n) is 1.32. The van der Waals surface area contributed by atoms with Crippen LogP contribution < -0.4 is 0 Å². The van der Waals surface area contributed by atoms with E-state index < -0.39 is 0 Å². The van der Waals surface area contributed by atoms with Gasteiger partial charge in [0.15, 0.2) is 0 Å². The van der Waals surface area contributed by atoms with E-state index in [1.807, 2.05) is 6.92 Å². The molecule has 80 valence electrons. The van der Waals surface area contributed by atoms with E-state index in [4.69, 9.17) is 0 Å².